The number of nitrogens with one attached hydrogen (secondary N) is 1. The van der Waals surface area contributed by atoms with E-state index in [0.29, 0.717) is 23.4 Å². The Bertz CT molecular complexity index is 559. The number of likely N-dealkylation sites (N-methyl/N-ethyl adjacent to an activating group) is 1. The van der Waals surface area contributed by atoms with Crippen LogP contribution >= 0.6 is 0 Å². The van der Waals surface area contributed by atoms with Crippen molar-refractivity contribution in [1.82, 2.24) is 15.2 Å². The van der Waals surface area contributed by atoms with Crippen LogP contribution in [0.4, 0.5) is 5.69 Å². The maximum absolute atomic E-state index is 11.8. The molecule has 1 aromatic heterocycles. The van der Waals surface area contributed by atoms with Gasteiger partial charge in [-0.3, -0.25) is 19.9 Å². The number of nitrogens with zero attached hydrogens (tertiary/aromatic N) is 3. The number of aryl methyl sites for hydroxylation is 1. The third-order valence-corrected chi connectivity index (χ3v) is 3.70. The summed E-state index contributed by atoms with van der Waals surface area (Å²) in [5.41, 5.74) is 1.82. The van der Waals surface area contributed by atoms with E-state index in [1.54, 1.807) is 25.8 Å². The molecule has 1 N–H and O–H groups in total. The fourth-order valence-electron chi connectivity index (χ4n) is 2.46. The molecule has 1 aliphatic rings. The zero-order valence-corrected chi connectivity index (χ0v) is 11.8. The molecule has 0 saturated carbocycles. The summed E-state index contributed by atoms with van der Waals surface area (Å²) in [6, 6.07) is -0.221. The van der Waals surface area contributed by atoms with Crippen LogP contribution in [0.3, 0.4) is 0 Å². The summed E-state index contributed by atoms with van der Waals surface area (Å²) in [6.07, 6.45) is 2.26. The maximum atomic E-state index is 11.8. The lowest BCUT2D eigenvalue weighted by Gasteiger charge is -2.13. The average molecular weight is 278 g/mol. The maximum Gasteiger partial charge on any atom is 0.278 e. The van der Waals surface area contributed by atoms with Crippen LogP contribution in [0.5, 0.6) is 0 Å². The Morgan fingerprint density at radius 1 is 1.55 bits per heavy atom. The van der Waals surface area contributed by atoms with E-state index >= 15 is 0 Å². The molecular weight excluding hydrogens is 260 g/mol. The molecule has 7 nitrogen and oxygen atoms in total. The van der Waals surface area contributed by atoms with E-state index in [9.17, 15) is 14.9 Å². The molecule has 1 fully saturated rings. The number of rotatable bonds is 4. The first-order valence-electron chi connectivity index (χ1n) is 6.49. The second-order valence-electron chi connectivity index (χ2n) is 5.10. The zero-order valence-electron chi connectivity index (χ0n) is 11.8. The fraction of sp³-hybridized carbons (Fsp3) is 0.538. The summed E-state index contributed by atoms with van der Waals surface area (Å²) in [6.45, 7) is 4.46. The summed E-state index contributed by atoms with van der Waals surface area (Å²) in [4.78, 5) is 28.3. The Kier molecular flexibility index (Phi) is 3.99. The van der Waals surface area contributed by atoms with Crippen molar-refractivity contribution < 1.29 is 9.72 Å². The highest BCUT2D eigenvalue weighted by Crippen LogP contribution is 2.24. The van der Waals surface area contributed by atoms with Crippen LogP contribution in [0, 0.1) is 24.0 Å². The summed E-state index contributed by atoms with van der Waals surface area (Å²) in [7, 11) is 1.77. The number of carbonyl (C=O) groups excluding carboxylic acids is 1. The lowest BCUT2D eigenvalue weighted by atomic mass is 10.1. The van der Waals surface area contributed by atoms with E-state index in [1.807, 2.05) is 0 Å². The molecule has 1 amide bonds. The molecule has 1 unspecified atom stereocenters. The van der Waals surface area contributed by atoms with Crippen molar-refractivity contribution in [3.63, 3.8) is 0 Å². The first kappa shape index (κ1) is 14.4. The van der Waals surface area contributed by atoms with Crippen LogP contribution in [0.15, 0.2) is 6.20 Å². The van der Waals surface area contributed by atoms with E-state index in [4.69, 9.17) is 0 Å². The second kappa shape index (κ2) is 5.54. The van der Waals surface area contributed by atoms with Gasteiger partial charge in [-0.25, -0.2) is 0 Å². The number of carbonyl (C=O) groups is 1. The molecule has 0 aromatic carbocycles. The number of hydrogen-bond acceptors (Lipinski definition) is 5. The lowest BCUT2D eigenvalue weighted by Crippen LogP contribution is -2.36. The third-order valence-electron chi connectivity index (χ3n) is 3.70. The van der Waals surface area contributed by atoms with Crippen molar-refractivity contribution in [2.24, 2.45) is 0 Å². The molecule has 20 heavy (non-hydrogen) atoms. The van der Waals surface area contributed by atoms with Gasteiger partial charge in [-0.15, -0.1) is 0 Å². The van der Waals surface area contributed by atoms with Gasteiger partial charge < -0.3 is 10.2 Å². The van der Waals surface area contributed by atoms with E-state index in [1.165, 1.54) is 6.20 Å². The third kappa shape index (κ3) is 2.62. The van der Waals surface area contributed by atoms with Gasteiger partial charge >= 0.3 is 0 Å². The van der Waals surface area contributed by atoms with Gasteiger partial charge in [0.05, 0.1) is 16.7 Å². The van der Waals surface area contributed by atoms with Crippen LogP contribution in [0.25, 0.3) is 0 Å². The van der Waals surface area contributed by atoms with Crippen molar-refractivity contribution >= 4 is 11.6 Å². The minimum absolute atomic E-state index is 0.0595. The summed E-state index contributed by atoms with van der Waals surface area (Å²) in [5.74, 6) is 0.0595. The molecule has 1 aliphatic heterocycles. The van der Waals surface area contributed by atoms with E-state index in [-0.39, 0.29) is 22.6 Å². The molecule has 2 heterocycles. The van der Waals surface area contributed by atoms with Crippen molar-refractivity contribution in [3.05, 3.63) is 33.1 Å². The molecule has 0 bridgehead atoms. The van der Waals surface area contributed by atoms with E-state index in [2.05, 4.69) is 10.3 Å². The van der Waals surface area contributed by atoms with Gasteiger partial charge in [-0.1, -0.05) is 0 Å². The highest BCUT2D eigenvalue weighted by atomic mass is 16.6. The number of nitro groups is 1. The van der Waals surface area contributed by atoms with Crippen molar-refractivity contribution in [2.75, 3.05) is 13.6 Å². The molecule has 1 atom stereocenters. The van der Waals surface area contributed by atoms with Gasteiger partial charge in [0.2, 0.25) is 5.91 Å². The number of pyridine rings is 1. The van der Waals surface area contributed by atoms with Crippen LogP contribution < -0.4 is 5.32 Å². The minimum Gasteiger partial charge on any atom is -0.344 e. The van der Waals surface area contributed by atoms with Crippen molar-refractivity contribution in [1.29, 1.82) is 0 Å². The van der Waals surface area contributed by atoms with Gasteiger partial charge in [0.1, 0.15) is 0 Å². The minimum atomic E-state index is -0.385. The van der Waals surface area contributed by atoms with Gasteiger partial charge in [0, 0.05) is 37.5 Å². The van der Waals surface area contributed by atoms with Crippen LogP contribution in [-0.4, -0.2) is 40.3 Å². The number of amides is 1. The molecule has 0 aliphatic carbocycles. The fourth-order valence-corrected chi connectivity index (χ4v) is 2.46. The Labute approximate surface area is 117 Å². The zero-order chi connectivity index (χ0) is 14.9. The first-order chi connectivity index (χ1) is 9.41. The monoisotopic (exact) mass is 278 g/mol. The molecule has 0 spiro atoms. The Balaban J connectivity index is 2.13. The largest absolute Gasteiger partial charge is 0.344 e. The first-order valence-corrected chi connectivity index (χ1v) is 6.49. The quantitative estimate of drug-likeness (QED) is 0.653. The van der Waals surface area contributed by atoms with E-state index < -0.39 is 0 Å². The normalized spacial score (nSPS) is 18.6. The Morgan fingerprint density at radius 2 is 2.25 bits per heavy atom. The number of hydrogen-bond donors (Lipinski definition) is 1. The highest BCUT2D eigenvalue weighted by Gasteiger charge is 2.29. The Hall–Kier alpha value is -2.02. The van der Waals surface area contributed by atoms with Crippen molar-refractivity contribution in [3.8, 4) is 0 Å². The van der Waals surface area contributed by atoms with Gasteiger partial charge in [-0.05, 0) is 20.3 Å². The molecule has 7 heteroatoms. The standard InChI is InChI=1S/C13H18N4O3/c1-8-6-14-11(9(2)12(8)17(19)20)7-15-10-4-5-16(3)13(10)18/h6,10,15H,4-5,7H2,1-3H3. The van der Waals surface area contributed by atoms with Crippen LogP contribution in [0.1, 0.15) is 23.2 Å². The SMILES string of the molecule is Cc1cnc(CNC2CCN(C)C2=O)c(C)c1[N+](=O)[O-]. The van der Waals surface area contributed by atoms with Crippen molar-refractivity contribution in [2.45, 2.75) is 32.9 Å². The van der Waals surface area contributed by atoms with Crippen LogP contribution in [0.2, 0.25) is 0 Å². The topological polar surface area (TPSA) is 88.4 Å². The summed E-state index contributed by atoms with van der Waals surface area (Å²) >= 11 is 0. The van der Waals surface area contributed by atoms with Gasteiger partial charge in [-0.2, -0.15) is 0 Å². The lowest BCUT2D eigenvalue weighted by molar-refractivity contribution is -0.386. The number of likely N-dealkylation sites (tertiary alicyclic amines) is 1. The summed E-state index contributed by atoms with van der Waals surface area (Å²) < 4.78 is 0. The smallest absolute Gasteiger partial charge is 0.278 e. The van der Waals surface area contributed by atoms with E-state index in [0.717, 1.165) is 13.0 Å². The van der Waals surface area contributed by atoms with Gasteiger partial charge in [0.15, 0.2) is 0 Å². The molecule has 108 valence electrons. The molecule has 1 saturated heterocycles. The summed E-state index contributed by atoms with van der Waals surface area (Å²) in [5, 5.41) is 14.2. The van der Waals surface area contributed by atoms with Gasteiger partial charge in [0.25, 0.3) is 5.69 Å². The molecule has 2 rings (SSSR count). The highest BCUT2D eigenvalue weighted by molar-refractivity contribution is 5.83. The molecule has 0 radical (unpaired) electrons. The molecule has 1 aromatic rings. The predicted octanol–water partition coefficient (Wildman–Crippen LogP) is 0.927. The Morgan fingerprint density at radius 3 is 2.80 bits per heavy atom. The predicted molar refractivity (Wildman–Crippen MR) is 73.2 cm³/mol. The molecular formula is C13H18N4O3. The second-order valence-corrected chi connectivity index (χ2v) is 5.10. The van der Waals surface area contributed by atoms with Crippen LogP contribution in [-0.2, 0) is 11.3 Å². The average Bonchev–Trinajstić information content (AvgIpc) is 2.69. The number of aromatic nitrogens is 1.